The molecule has 1 aromatic rings. The summed E-state index contributed by atoms with van der Waals surface area (Å²) in [6, 6.07) is 12.3. The zero-order valence-electron chi connectivity index (χ0n) is 18.8. The van der Waals surface area contributed by atoms with Crippen molar-refractivity contribution in [2.24, 2.45) is 11.8 Å². The fourth-order valence-corrected chi connectivity index (χ4v) is 7.29. The van der Waals surface area contributed by atoms with Crippen molar-refractivity contribution in [3.63, 3.8) is 0 Å². The quantitative estimate of drug-likeness (QED) is 0.371. The lowest BCUT2D eigenvalue weighted by Gasteiger charge is -2.40. The molecular formula is C25H40OSi2. The summed E-state index contributed by atoms with van der Waals surface area (Å²) in [7, 11) is -0.836. The summed E-state index contributed by atoms with van der Waals surface area (Å²) in [5.74, 6) is 1.47. The minimum absolute atomic E-state index is 0.287. The highest BCUT2D eigenvalue weighted by atomic mass is 28.4. The highest BCUT2D eigenvalue weighted by Gasteiger charge is 2.43. The maximum Gasteiger partial charge on any atom is 0.192 e. The SMILES string of the molecule is CC(C)(C)[Si](C)(C)O[C@@H]1CC/C(=C\C2CCCCC2)[C@@H]1C[Si]c1ccccc1. The molecule has 0 heterocycles. The fraction of sp³-hybridized carbons (Fsp3) is 0.680. The zero-order chi connectivity index (χ0) is 20.2. The fourth-order valence-electron chi connectivity index (χ4n) is 4.49. The first-order chi connectivity index (χ1) is 13.3. The lowest BCUT2D eigenvalue weighted by Crippen LogP contribution is -2.45. The van der Waals surface area contributed by atoms with E-state index in [0.717, 1.165) is 15.4 Å². The second kappa shape index (κ2) is 9.44. The van der Waals surface area contributed by atoms with Crippen LogP contribution in [0, 0.1) is 11.8 Å². The summed E-state index contributed by atoms with van der Waals surface area (Å²) in [6.07, 6.45) is 12.7. The van der Waals surface area contributed by atoms with Crippen LogP contribution in [0.15, 0.2) is 42.0 Å². The molecule has 1 aromatic carbocycles. The Balaban J connectivity index is 1.75. The Morgan fingerprint density at radius 3 is 2.36 bits per heavy atom. The van der Waals surface area contributed by atoms with Crippen molar-refractivity contribution in [3.8, 4) is 0 Å². The van der Waals surface area contributed by atoms with Gasteiger partial charge in [-0.2, -0.15) is 0 Å². The molecule has 0 aliphatic heterocycles. The van der Waals surface area contributed by atoms with Gasteiger partial charge in [0.2, 0.25) is 0 Å². The molecule has 154 valence electrons. The van der Waals surface area contributed by atoms with E-state index in [1.807, 2.05) is 0 Å². The van der Waals surface area contributed by atoms with E-state index in [2.05, 4.69) is 70.3 Å². The molecule has 2 fully saturated rings. The van der Waals surface area contributed by atoms with Gasteiger partial charge in [-0.1, -0.05) is 87.2 Å². The monoisotopic (exact) mass is 412 g/mol. The summed E-state index contributed by atoms with van der Waals surface area (Å²) < 4.78 is 6.99. The smallest absolute Gasteiger partial charge is 0.192 e. The van der Waals surface area contributed by atoms with Gasteiger partial charge in [-0.25, -0.2) is 0 Å². The Bertz CT molecular complexity index is 638. The van der Waals surface area contributed by atoms with Crippen LogP contribution in [0.2, 0.25) is 24.2 Å². The number of allylic oxidation sites excluding steroid dienone is 1. The third kappa shape index (κ3) is 5.70. The minimum atomic E-state index is -1.73. The Hall–Kier alpha value is -0.646. The van der Waals surface area contributed by atoms with Crippen LogP contribution in [0.4, 0.5) is 0 Å². The Morgan fingerprint density at radius 1 is 1.04 bits per heavy atom. The predicted octanol–water partition coefficient (Wildman–Crippen LogP) is 6.74. The van der Waals surface area contributed by atoms with Gasteiger partial charge in [-0.3, -0.25) is 0 Å². The molecule has 2 atom stereocenters. The van der Waals surface area contributed by atoms with E-state index >= 15 is 0 Å². The standard InChI is InChI=1S/C25H40OSi2/c1-25(2,3)28(4,5)26-24-17-16-21(18-20-12-8-6-9-13-20)23(24)19-27-22-14-10-7-11-15-22/h7,10-11,14-15,18,20,23-24H,6,8-9,12-13,16-17,19H2,1-5H3/b21-18+/t23-,24+/m0/s1. The lowest BCUT2D eigenvalue weighted by molar-refractivity contribution is 0.156. The normalized spacial score (nSPS) is 26.1. The van der Waals surface area contributed by atoms with Gasteiger partial charge in [0.1, 0.15) is 0 Å². The van der Waals surface area contributed by atoms with E-state index in [4.69, 9.17) is 4.43 Å². The van der Waals surface area contributed by atoms with Crippen LogP contribution >= 0.6 is 0 Å². The lowest BCUT2D eigenvalue weighted by atomic mass is 9.86. The number of hydrogen-bond acceptors (Lipinski definition) is 1. The second-order valence-electron chi connectivity index (χ2n) is 10.4. The molecule has 0 saturated heterocycles. The Morgan fingerprint density at radius 2 is 1.71 bits per heavy atom. The first-order valence-corrected chi connectivity index (χ1v) is 15.5. The van der Waals surface area contributed by atoms with Crippen LogP contribution in [0.5, 0.6) is 0 Å². The van der Waals surface area contributed by atoms with Crippen molar-refractivity contribution in [2.75, 3.05) is 0 Å². The van der Waals surface area contributed by atoms with Crippen molar-refractivity contribution in [1.82, 2.24) is 0 Å². The number of rotatable bonds is 6. The van der Waals surface area contributed by atoms with Gasteiger partial charge in [0, 0.05) is 5.92 Å². The van der Waals surface area contributed by atoms with Gasteiger partial charge in [-0.15, -0.1) is 0 Å². The average Bonchev–Trinajstić information content (AvgIpc) is 3.01. The van der Waals surface area contributed by atoms with Crippen molar-refractivity contribution in [2.45, 2.75) is 96.0 Å². The molecule has 0 aromatic heterocycles. The summed E-state index contributed by atoms with van der Waals surface area (Å²) in [5.41, 5.74) is 1.74. The summed E-state index contributed by atoms with van der Waals surface area (Å²) in [5, 5.41) is 1.78. The van der Waals surface area contributed by atoms with Crippen LogP contribution in [-0.4, -0.2) is 23.9 Å². The topological polar surface area (TPSA) is 9.23 Å². The molecule has 28 heavy (non-hydrogen) atoms. The largest absolute Gasteiger partial charge is 0.413 e. The van der Waals surface area contributed by atoms with Crippen LogP contribution in [0.25, 0.3) is 0 Å². The van der Waals surface area contributed by atoms with E-state index in [1.54, 1.807) is 5.57 Å². The first-order valence-electron chi connectivity index (χ1n) is 11.4. The van der Waals surface area contributed by atoms with Crippen molar-refractivity contribution < 1.29 is 4.43 Å². The zero-order valence-corrected chi connectivity index (χ0v) is 20.8. The van der Waals surface area contributed by atoms with Crippen LogP contribution in [-0.2, 0) is 4.43 Å². The van der Waals surface area contributed by atoms with Crippen LogP contribution in [0.3, 0.4) is 0 Å². The Labute approximate surface area is 177 Å². The molecular weight excluding hydrogens is 372 g/mol. The molecule has 0 unspecified atom stereocenters. The maximum atomic E-state index is 6.99. The van der Waals surface area contributed by atoms with Crippen molar-refractivity contribution in [1.29, 1.82) is 0 Å². The van der Waals surface area contributed by atoms with E-state index in [1.165, 1.54) is 56.2 Å². The molecule has 2 aliphatic carbocycles. The molecule has 1 nitrogen and oxygen atoms in total. The van der Waals surface area contributed by atoms with Crippen molar-refractivity contribution >= 4 is 23.0 Å². The van der Waals surface area contributed by atoms with E-state index in [-0.39, 0.29) is 5.04 Å². The van der Waals surface area contributed by atoms with Gasteiger partial charge >= 0.3 is 0 Å². The molecule has 2 saturated carbocycles. The molecule has 0 spiro atoms. The molecule has 3 heteroatoms. The summed E-state index contributed by atoms with van der Waals surface area (Å²) >= 11 is 0. The highest BCUT2D eigenvalue weighted by Crippen LogP contribution is 2.44. The third-order valence-corrected chi connectivity index (χ3v) is 13.2. The predicted molar refractivity (Wildman–Crippen MR) is 126 cm³/mol. The molecule has 0 amide bonds. The second-order valence-corrected chi connectivity index (χ2v) is 16.5. The van der Waals surface area contributed by atoms with Crippen molar-refractivity contribution in [3.05, 3.63) is 42.0 Å². The maximum absolute atomic E-state index is 6.99. The molecule has 0 N–H and O–H groups in total. The summed E-state index contributed by atoms with van der Waals surface area (Å²) in [4.78, 5) is 0. The number of hydrogen-bond donors (Lipinski definition) is 0. The van der Waals surface area contributed by atoms with Crippen LogP contribution < -0.4 is 5.19 Å². The van der Waals surface area contributed by atoms with Gasteiger partial charge in [0.25, 0.3) is 0 Å². The highest BCUT2D eigenvalue weighted by molar-refractivity contribution is 6.74. The van der Waals surface area contributed by atoms with Crippen LogP contribution in [0.1, 0.15) is 65.7 Å². The number of benzene rings is 1. The van der Waals surface area contributed by atoms with Gasteiger partial charge in [-0.05, 0) is 55.8 Å². The third-order valence-electron chi connectivity index (χ3n) is 7.29. The van der Waals surface area contributed by atoms with E-state index in [9.17, 15) is 0 Å². The van der Waals surface area contributed by atoms with E-state index < -0.39 is 8.32 Å². The van der Waals surface area contributed by atoms with Gasteiger partial charge < -0.3 is 4.43 Å². The van der Waals surface area contributed by atoms with Gasteiger partial charge in [0.05, 0.1) is 15.6 Å². The molecule has 2 radical (unpaired) electrons. The summed E-state index contributed by atoms with van der Waals surface area (Å²) in [6.45, 7) is 12.0. The molecule has 0 bridgehead atoms. The first kappa shape index (κ1) is 22.0. The molecule has 3 rings (SSSR count). The van der Waals surface area contributed by atoms with E-state index in [0.29, 0.717) is 12.0 Å². The average molecular weight is 413 g/mol. The molecule has 2 aliphatic rings. The van der Waals surface area contributed by atoms with Gasteiger partial charge in [0.15, 0.2) is 8.32 Å². The minimum Gasteiger partial charge on any atom is -0.413 e. The Kier molecular flexibility index (Phi) is 7.44.